The predicted octanol–water partition coefficient (Wildman–Crippen LogP) is 3.04. The normalized spacial score (nSPS) is 20.1. The first-order valence-corrected chi connectivity index (χ1v) is 9.15. The van der Waals surface area contributed by atoms with Gasteiger partial charge in [-0.3, -0.25) is 4.79 Å². The monoisotopic (exact) mass is 336 g/mol. The molecular formula is C20H24N4O. The SMILES string of the molecule is O=C(NC1CCCN1c1cc(N2CCCC2)ccn1)c1ccccc1. The van der Waals surface area contributed by atoms with Gasteiger partial charge < -0.3 is 15.1 Å². The third kappa shape index (κ3) is 3.45. The molecule has 25 heavy (non-hydrogen) atoms. The second-order valence-electron chi connectivity index (χ2n) is 6.76. The highest BCUT2D eigenvalue weighted by Crippen LogP contribution is 2.27. The van der Waals surface area contributed by atoms with Crippen molar-refractivity contribution in [2.75, 3.05) is 29.4 Å². The van der Waals surface area contributed by atoms with E-state index in [0.717, 1.165) is 38.3 Å². The van der Waals surface area contributed by atoms with E-state index in [1.165, 1.54) is 18.5 Å². The van der Waals surface area contributed by atoms with E-state index in [9.17, 15) is 4.79 Å². The second kappa shape index (κ2) is 7.13. The number of nitrogens with one attached hydrogen (secondary N) is 1. The third-order valence-corrected chi connectivity index (χ3v) is 5.08. The van der Waals surface area contributed by atoms with E-state index in [0.29, 0.717) is 5.56 Å². The summed E-state index contributed by atoms with van der Waals surface area (Å²) >= 11 is 0. The summed E-state index contributed by atoms with van der Waals surface area (Å²) in [6, 6.07) is 13.7. The summed E-state index contributed by atoms with van der Waals surface area (Å²) in [5.74, 6) is 0.938. The maximum atomic E-state index is 12.5. The fraction of sp³-hybridized carbons (Fsp3) is 0.400. The Labute approximate surface area is 148 Å². The van der Waals surface area contributed by atoms with Gasteiger partial charge in [0, 0.05) is 43.1 Å². The summed E-state index contributed by atoms with van der Waals surface area (Å²) in [6.07, 6.45) is 6.43. The number of anilines is 2. The Morgan fingerprint density at radius 2 is 1.84 bits per heavy atom. The van der Waals surface area contributed by atoms with E-state index in [-0.39, 0.29) is 12.1 Å². The quantitative estimate of drug-likeness (QED) is 0.932. The number of benzene rings is 1. The summed E-state index contributed by atoms with van der Waals surface area (Å²) in [6.45, 7) is 3.17. The lowest BCUT2D eigenvalue weighted by Crippen LogP contribution is -2.44. The minimum Gasteiger partial charge on any atom is -0.371 e. The van der Waals surface area contributed by atoms with Gasteiger partial charge in [-0.1, -0.05) is 18.2 Å². The summed E-state index contributed by atoms with van der Waals surface area (Å²) in [5, 5.41) is 3.17. The molecule has 0 radical (unpaired) electrons. The van der Waals surface area contributed by atoms with Gasteiger partial charge in [-0.2, -0.15) is 0 Å². The van der Waals surface area contributed by atoms with Crippen LogP contribution in [0.25, 0.3) is 0 Å². The first kappa shape index (κ1) is 15.9. The Morgan fingerprint density at radius 1 is 1.04 bits per heavy atom. The zero-order valence-electron chi connectivity index (χ0n) is 14.4. The molecule has 2 saturated heterocycles. The van der Waals surface area contributed by atoms with E-state index in [1.54, 1.807) is 0 Å². The standard InChI is InChI=1S/C20H24N4O/c25-20(16-7-2-1-3-8-16)22-18-9-6-14-24(18)19-15-17(10-11-21-19)23-12-4-5-13-23/h1-3,7-8,10-11,15,18H,4-6,9,12-14H2,(H,22,25). The lowest BCUT2D eigenvalue weighted by Gasteiger charge is -2.28. The van der Waals surface area contributed by atoms with Crippen LogP contribution in [0.15, 0.2) is 48.7 Å². The van der Waals surface area contributed by atoms with Gasteiger partial charge in [-0.05, 0) is 43.9 Å². The van der Waals surface area contributed by atoms with Crippen LogP contribution in [0, 0.1) is 0 Å². The zero-order valence-corrected chi connectivity index (χ0v) is 14.4. The number of nitrogens with zero attached hydrogens (tertiary/aromatic N) is 3. The van der Waals surface area contributed by atoms with Crippen LogP contribution in [0.5, 0.6) is 0 Å². The van der Waals surface area contributed by atoms with Gasteiger partial charge in [0.1, 0.15) is 12.0 Å². The minimum atomic E-state index is -0.0202. The molecule has 130 valence electrons. The molecule has 1 atom stereocenters. The molecule has 2 aromatic rings. The van der Waals surface area contributed by atoms with Crippen molar-refractivity contribution in [1.82, 2.24) is 10.3 Å². The molecule has 4 rings (SSSR count). The number of pyridine rings is 1. The Morgan fingerprint density at radius 3 is 2.64 bits per heavy atom. The predicted molar refractivity (Wildman–Crippen MR) is 100.0 cm³/mol. The molecule has 1 N–H and O–H groups in total. The highest BCUT2D eigenvalue weighted by atomic mass is 16.1. The van der Waals surface area contributed by atoms with Crippen molar-refractivity contribution in [2.24, 2.45) is 0 Å². The van der Waals surface area contributed by atoms with E-state index in [1.807, 2.05) is 36.5 Å². The number of carbonyl (C=O) groups is 1. The molecule has 1 amide bonds. The molecule has 0 aliphatic carbocycles. The lowest BCUT2D eigenvalue weighted by molar-refractivity contribution is 0.0938. The Kier molecular flexibility index (Phi) is 4.55. The molecule has 0 bridgehead atoms. The number of carbonyl (C=O) groups excluding carboxylic acids is 1. The number of hydrogen-bond acceptors (Lipinski definition) is 4. The van der Waals surface area contributed by atoms with Crippen LogP contribution in [0.3, 0.4) is 0 Å². The maximum absolute atomic E-state index is 12.5. The van der Waals surface area contributed by atoms with Gasteiger partial charge in [0.25, 0.3) is 5.91 Å². The number of aromatic nitrogens is 1. The molecule has 5 nitrogen and oxygen atoms in total. The molecular weight excluding hydrogens is 312 g/mol. The largest absolute Gasteiger partial charge is 0.371 e. The van der Waals surface area contributed by atoms with E-state index >= 15 is 0 Å². The topological polar surface area (TPSA) is 48.5 Å². The first-order valence-electron chi connectivity index (χ1n) is 9.15. The number of amides is 1. The van der Waals surface area contributed by atoms with Crippen molar-refractivity contribution in [3.63, 3.8) is 0 Å². The Bertz CT molecular complexity index is 727. The van der Waals surface area contributed by atoms with Crippen LogP contribution in [0.1, 0.15) is 36.0 Å². The molecule has 5 heteroatoms. The lowest BCUT2D eigenvalue weighted by atomic mass is 10.2. The van der Waals surface area contributed by atoms with Crippen LogP contribution >= 0.6 is 0 Å². The van der Waals surface area contributed by atoms with Gasteiger partial charge in [0.15, 0.2) is 0 Å². The third-order valence-electron chi connectivity index (χ3n) is 5.08. The molecule has 3 heterocycles. The molecule has 0 saturated carbocycles. The average Bonchev–Trinajstić information content (AvgIpc) is 3.35. The van der Waals surface area contributed by atoms with Crippen LogP contribution in [0.4, 0.5) is 11.5 Å². The summed E-state index contributed by atoms with van der Waals surface area (Å²) in [5.41, 5.74) is 1.94. The van der Waals surface area contributed by atoms with Gasteiger partial charge in [-0.15, -0.1) is 0 Å². The fourth-order valence-corrected chi connectivity index (χ4v) is 3.75. The summed E-state index contributed by atoms with van der Waals surface area (Å²) < 4.78 is 0. The van der Waals surface area contributed by atoms with Crippen LogP contribution in [-0.4, -0.2) is 36.7 Å². The van der Waals surface area contributed by atoms with Crippen LogP contribution in [0.2, 0.25) is 0 Å². The summed E-state index contributed by atoms with van der Waals surface area (Å²) in [4.78, 5) is 21.7. The molecule has 1 unspecified atom stereocenters. The molecule has 0 spiro atoms. The molecule has 2 fully saturated rings. The number of hydrogen-bond donors (Lipinski definition) is 1. The number of rotatable bonds is 4. The second-order valence-corrected chi connectivity index (χ2v) is 6.76. The summed E-state index contributed by atoms with van der Waals surface area (Å²) in [7, 11) is 0. The van der Waals surface area contributed by atoms with Crippen molar-refractivity contribution in [2.45, 2.75) is 31.8 Å². The Hall–Kier alpha value is -2.56. The molecule has 1 aromatic heterocycles. The van der Waals surface area contributed by atoms with Gasteiger partial charge in [-0.25, -0.2) is 4.98 Å². The highest BCUT2D eigenvalue weighted by molar-refractivity contribution is 5.94. The van der Waals surface area contributed by atoms with E-state index in [2.05, 4.69) is 32.2 Å². The Balaban J connectivity index is 1.49. The van der Waals surface area contributed by atoms with E-state index in [4.69, 9.17) is 0 Å². The molecule has 2 aliphatic heterocycles. The van der Waals surface area contributed by atoms with Gasteiger partial charge in [0.2, 0.25) is 0 Å². The maximum Gasteiger partial charge on any atom is 0.252 e. The molecule has 1 aromatic carbocycles. The highest BCUT2D eigenvalue weighted by Gasteiger charge is 2.28. The van der Waals surface area contributed by atoms with Crippen molar-refractivity contribution in [3.05, 3.63) is 54.2 Å². The van der Waals surface area contributed by atoms with Crippen molar-refractivity contribution < 1.29 is 4.79 Å². The average molecular weight is 336 g/mol. The van der Waals surface area contributed by atoms with Crippen molar-refractivity contribution in [3.8, 4) is 0 Å². The van der Waals surface area contributed by atoms with Crippen molar-refractivity contribution >= 4 is 17.4 Å². The van der Waals surface area contributed by atoms with E-state index < -0.39 is 0 Å². The van der Waals surface area contributed by atoms with Gasteiger partial charge in [0.05, 0.1) is 0 Å². The molecule has 2 aliphatic rings. The zero-order chi connectivity index (χ0) is 17.1. The van der Waals surface area contributed by atoms with Crippen molar-refractivity contribution in [1.29, 1.82) is 0 Å². The fourth-order valence-electron chi connectivity index (χ4n) is 3.75. The first-order chi connectivity index (χ1) is 12.3. The smallest absolute Gasteiger partial charge is 0.252 e. The van der Waals surface area contributed by atoms with Crippen LogP contribution in [-0.2, 0) is 0 Å². The van der Waals surface area contributed by atoms with Gasteiger partial charge >= 0.3 is 0 Å². The minimum absolute atomic E-state index is 0.00836. The van der Waals surface area contributed by atoms with Crippen LogP contribution < -0.4 is 15.1 Å².